The van der Waals surface area contributed by atoms with E-state index in [1.807, 2.05) is 13.1 Å². The molecule has 0 spiro atoms. The number of benzene rings is 1. The molecule has 2 aliphatic rings. The van der Waals surface area contributed by atoms with Crippen LogP contribution in [0.1, 0.15) is 27.9 Å². The van der Waals surface area contributed by atoms with Crippen LogP contribution in [-0.4, -0.2) is 32.1 Å². The van der Waals surface area contributed by atoms with Gasteiger partial charge in [0.05, 0.1) is 19.1 Å². The van der Waals surface area contributed by atoms with E-state index < -0.39 is 0 Å². The van der Waals surface area contributed by atoms with E-state index in [0.717, 1.165) is 18.4 Å². The van der Waals surface area contributed by atoms with Gasteiger partial charge >= 0.3 is 0 Å². The number of aryl methyl sites for hydroxylation is 2. The highest BCUT2D eigenvalue weighted by atomic mass is 16.5. The third kappa shape index (κ3) is 1.98. The van der Waals surface area contributed by atoms with Crippen LogP contribution in [0.4, 0.5) is 0 Å². The zero-order chi connectivity index (χ0) is 12.5. The van der Waals surface area contributed by atoms with Crippen molar-refractivity contribution in [2.24, 2.45) is 5.92 Å². The van der Waals surface area contributed by atoms with Crippen molar-refractivity contribution in [2.75, 3.05) is 20.3 Å². The molecule has 18 heavy (non-hydrogen) atoms. The van der Waals surface area contributed by atoms with Gasteiger partial charge in [-0.05, 0) is 43.5 Å². The lowest BCUT2D eigenvalue weighted by Crippen LogP contribution is -2.37. The molecule has 1 aliphatic carbocycles. The van der Waals surface area contributed by atoms with Gasteiger partial charge in [0.2, 0.25) is 0 Å². The average Bonchev–Trinajstić information content (AvgIpc) is 3.05. The molecule has 1 N–H and O–H groups in total. The summed E-state index contributed by atoms with van der Waals surface area (Å²) in [6.07, 6.45) is 3.50. The van der Waals surface area contributed by atoms with Gasteiger partial charge in [-0.15, -0.1) is 0 Å². The summed E-state index contributed by atoms with van der Waals surface area (Å²) in [7, 11) is 1.89. The molecule has 3 rings (SSSR count). The highest BCUT2D eigenvalue weighted by molar-refractivity contribution is 5.98. The lowest BCUT2D eigenvalue weighted by atomic mass is 9.92. The molecule has 1 aromatic rings. The predicted molar refractivity (Wildman–Crippen MR) is 70.0 cm³/mol. The Kier molecular flexibility index (Phi) is 3.18. The van der Waals surface area contributed by atoms with Gasteiger partial charge in [0, 0.05) is 11.6 Å². The Morgan fingerprint density at radius 2 is 2.11 bits per heavy atom. The summed E-state index contributed by atoms with van der Waals surface area (Å²) in [6, 6.07) is 6.36. The van der Waals surface area contributed by atoms with Crippen LogP contribution in [0.15, 0.2) is 18.2 Å². The van der Waals surface area contributed by atoms with Gasteiger partial charge in [-0.3, -0.25) is 4.79 Å². The van der Waals surface area contributed by atoms with E-state index in [4.69, 9.17) is 4.74 Å². The van der Waals surface area contributed by atoms with E-state index in [9.17, 15) is 4.79 Å². The summed E-state index contributed by atoms with van der Waals surface area (Å²) in [5.74, 6) is 0.191. The van der Waals surface area contributed by atoms with E-state index in [1.165, 1.54) is 17.5 Å². The standard InChI is InChI=1S/C15H19NO2/c1-16-14-9-18-8-13(14)15(17)12-6-5-10-3-2-4-11(10)7-12/h5-7,13-14,16H,2-4,8-9H2,1H3. The number of ether oxygens (including phenoxy) is 1. The van der Waals surface area contributed by atoms with Crippen LogP contribution in [0.2, 0.25) is 0 Å². The summed E-state index contributed by atoms with van der Waals surface area (Å²) in [4.78, 5) is 12.5. The normalized spacial score (nSPS) is 26.3. The van der Waals surface area contributed by atoms with E-state index in [0.29, 0.717) is 13.2 Å². The van der Waals surface area contributed by atoms with Crippen LogP contribution in [0, 0.1) is 5.92 Å². The SMILES string of the molecule is CNC1COCC1C(=O)c1ccc2c(c1)CCC2. The minimum absolute atomic E-state index is 0.0329. The van der Waals surface area contributed by atoms with Crippen LogP contribution in [0.5, 0.6) is 0 Å². The van der Waals surface area contributed by atoms with Gasteiger partial charge in [-0.25, -0.2) is 0 Å². The second-order valence-corrected chi connectivity index (χ2v) is 5.24. The first-order valence-electron chi connectivity index (χ1n) is 6.70. The smallest absolute Gasteiger partial charge is 0.169 e. The maximum absolute atomic E-state index is 12.5. The van der Waals surface area contributed by atoms with Gasteiger partial charge in [0.15, 0.2) is 5.78 Å². The van der Waals surface area contributed by atoms with E-state index in [1.54, 1.807) is 0 Å². The van der Waals surface area contributed by atoms with E-state index in [2.05, 4.69) is 17.4 Å². The molecule has 0 radical (unpaired) electrons. The molecule has 3 heteroatoms. The summed E-state index contributed by atoms with van der Waals surface area (Å²) in [5.41, 5.74) is 3.63. The maximum atomic E-state index is 12.5. The fourth-order valence-electron chi connectivity index (χ4n) is 3.04. The number of ketones is 1. The minimum atomic E-state index is -0.0329. The first-order valence-corrected chi connectivity index (χ1v) is 6.70. The number of nitrogens with one attached hydrogen (secondary N) is 1. The predicted octanol–water partition coefficient (Wildman–Crippen LogP) is 1.59. The van der Waals surface area contributed by atoms with Gasteiger partial charge in [0.1, 0.15) is 0 Å². The first kappa shape index (κ1) is 11.9. The Hall–Kier alpha value is -1.19. The van der Waals surface area contributed by atoms with Crippen LogP contribution in [0.25, 0.3) is 0 Å². The number of carbonyl (C=O) groups is 1. The fraction of sp³-hybridized carbons (Fsp3) is 0.533. The zero-order valence-corrected chi connectivity index (χ0v) is 10.7. The third-order valence-electron chi connectivity index (χ3n) is 4.17. The highest BCUT2D eigenvalue weighted by Gasteiger charge is 2.33. The fourth-order valence-corrected chi connectivity index (χ4v) is 3.04. The lowest BCUT2D eigenvalue weighted by molar-refractivity contribution is 0.0892. The van der Waals surface area contributed by atoms with Gasteiger partial charge in [-0.1, -0.05) is 12.1 Å². The van der Waals surface area contributed by atoms with Gasteiger partial charge in [0.25, 0.3) is 0 Å². The van der Waals surface area contributed by atoms with Crippen molar-refractivity contribution < 1.29 is 9.53 Å². The lowest BCUT2D eigenvalue weighted by Gasteiger charge is -2.16. The number of Topliss-reactive ketones (excluding diaryl/α,β-unsaturated/α-hetero) is 1. The number of rotatable bonds is 3. The molecular weight excluding hydrogens is 226 g/mol. The largest absolute Gasteiger partial charge is 0.379 e. The highest BCUT2D eigenvalue weighted by Crippen LogP contribution is 2.25. The molecule has 2 unspecified atom stereocenters. The Labute approximate surface area is 108 Å². The topological polar surface area (TPSA) is 38.3 Å². The first-order chi connectivity index (χ1) is 8.79. The number of likely N-dealkylation sites (N-methyl/N-ethyl adjacent to an activating group) is 1. The molecule has 0 amide bonds. The molecular formula is C15H19NO2. The molecule has 1 saturated heterocycles. The molecule has 1 aliphatic heterocycles. The van der Waals surface area contributed by atoms with Crippen LogP contribution in [0.3, 0.4) is 0 Å². The summed E-state index contributed by atoms with van der Waals surface area (Å²) >= 11 is 0. The molecule has 96 valence electrons. The molecule has 3 nitrogen and oxygen atoms in total. The number of fused-ring (bicyclic) bond motifs is 1. The van der Waals surface area contributed by atoms with Crippen molar-refractivity contribution >= 4 is 5.78 Å². The molecule has 2 atom stereocenters. The van der Waals surface area contributed by atoms with Crippen molar-refractivity contribution in [1.29, 1.82) is 0 Å². The summed E-state index contributed by atoms with van der Waals surface area (Å²) in [5, 5.41) is 3.17. The summed E-state index contributed by atoms with van der Waals surface area (Å²) in [6.45, 7) is 1.18. The monoisotopic (exact) mass is 245 g/mol. The Balaban J connectivity index is 1.84. The second kappa shape index (κ2) is 4.82. The second-order valence-electron chi connectivity index (χ2n) is 5.24. The number of hydrogen-bond acceptors (Lipinski definition) is 3. The number of carbonyl (C=O) groups excluding carboxylic acids is 1. The molecule has 0 saturated carbocycles. The number of hydrogen-bond donors (Lipinski definition) is 1. The van der Waals surface area contributed by atoms with Crippen molar-refractivity contribution in [3.63, 3.8) is 0 Å². The van der Waals surface area contributed by atoms with Crippen LogP contribution < -0.4 is 5.32 Å². The van der Waals surface area contributed by atoms with Crippen molar-refractivity contribution in [1.82, 2.24) is 5.32 Å². The Bertz CT molecular complexity index is 470. The van der Waals surface area contributed by atoms with Crippen LogP contribution in [-0.2, 0) is 17.6 Å². The zero-order valence-electron chi connectivity index (χ0n) is 10.7. The van der Waals surface area contributed by atoms with Crippen molar-refractivity contribution in [3.8, 4) is 0 Å². The Morgan fingerprint density at radius 3 is 2.94 bits per heavy atom. The third-order valence-corrected chi connectivity index (χ3v) is 4.17. The molecule has 1 heterocycles. The van der Waals surface area contributed by atoms with Gasteiger partial charge < -0.3 is 10.1 Å². The molecule has 1 aromatic carbocycles. The van der Waals surface area contributed by atoms with Gasteiger partial charge in [-0.2, -0.15) is 0 Å². The average molecular weight is 245 g/mol. The van der Waals surface area contributed by atoms with E-state index in [-0.39, 0.29) is 17.7 Å². The minimum Gasteiger partial charge on any atom is -0.379 e. The van der Waals surface area contributed by atoms with Crippen LogP contribution >= 0.6 is 0 Å². The Morgan fingerprint density at radius 1 is 1.28 bits per heavy atom. The van der Waals surface area contributed by atoms with Crippen molar-refractivity contribution in [2.45, 2.75) is 25.3 Å². The maximum Gasteiger partial charge on any atom is 0.169 e. The molecule has 0 bridgehead atoms. The van der Waals surface area contributed by atoms with Crippen molar-refractivity contribution in [3.05, 3.63) is 34.9 Å². The molecule has 0 aromatic heterocycles. The quantitative estimate of drug-likeness (QED) is 0.822. The van der Waals surface area contributed by atoms with E-state index >= 15 is 0 Å². The molecule has 1 fully saturated rings. The summed E-state index contributed by atoms with van der Waals surface area (Å²) < 4.78 is 5.41.